The Bertz CT molecular complexity index is 384. The summed E-state index contributed by atoms with van der Waals surface area (Å²) in [5, 5.41) is 11.1. The maximum Gasteiger partial charge on any atom is 0.234 e. The zero-order valence-corrected chi connectivity index (χ0v) is 9.30. The molecular formula is C11H12N2OS. The van der Waals surface area contributed by atoms with Crippen LogP contribution in [0.2, 0.25) is 0 Å². The van der Waals surface area contributed by atoms with Crippen LogP contribution in [0.3, 0.4) is 0 Å². The number of thioether (sulfide) groups is 1. The molecule has 3 nitrogen and oxygen atoms in total. The van der Waals surface area contributed by atoms with Gasteiger partial charge in [0.05, 0.1) is 17.6 Å². The number of rotatable bonds is 4. The minimum atomic E-state index is -0.0652. The standard InChI is InChI=1S/C11H12N2OS/c1-9-4-2-3-5-10(9)13-11(14)8-15-7-6-12/h2-5H,7-8H2,1H3,(H,13,14). The Morgan fingerprint density at radius 1 is 1.53 bits per heavy atom. The number of carbonyl (C=O) groups is 1. The fourth-order valence-corrected chi connectivity index (χ4v) is 1.54. The van der Waals surface area contributed by atoms with Crippen LogP contribution in [0, 0.1) is 18.3 Å². The molecule has 0 radical (unpaired) electrons. The van der Waals surface area contributed by atoms with Crippen LogP contribution < -0.4 is 5.32 Å². The summed E-state index contributed by atoms with van der Waals surface area (Å²) < 4.78 is 0. The van der Waals surface area contributed by atoms with Gasteiger partial charge in [0.25, 0.3) is 0 Å². The van der Waals surface area contributed by atoms with Gasteiger partial charge in [0.2, 0.25) is 5.91 Å². The van der Waals surface area contributed by atoms with Crippen molar-refractivity contribution in [2.45, 2.75) is 6.92 Å². The monoisotopic (exact) mass is 220 g/mol. The zero-order valence-electron chi connectivity index (χ0n) is 8.49. The molecule has 15 heavy (non-hydrogen) atoms. The minimum Gasteiger partial charge on any atom is -0.325 e. The van der Waals surface area contributed by atoms with Gasteiger partial charge in [0.15, 0.2) is 0 Å². The molecule has 1 N–H and O–H groups in total. The number of hydrogen-bond donors (Lipinski definition) is 1. The summed E-state index contributed by atoms with van der Waals surface area (Å²) in [5.74, 6) is 0.604. The van der Waals surface area contributed by atoms with Crippen molar-refractivity contribution in [1.29, 1.82) is 5.26 Å². The number of para-hydroxylation sites is 1. The fraction of sp³-hybridized carbons (Fsp3) is 0.273. The van der Waals surface area contributed by atoms with Crippen LogP contribution in [0.15, 0.2) is 24.3 Å². The molecule has 4 heteroatoms. The van der Waals surface area contributed by atoms with Gasteiger partial charge in [-0.1, -0.05) is 18.2 Å². The summed E-state index contributed by atoms with van der Waals surface area (Å²) in [7, 11) is 0. The molecule has 0 saturated carbocycles. The van der Waals surface area contributed by atoms with Gasteiger partial charge in [-0.05, 0) is 18.6 Å². The molecule has 0 unspecified atom stereocenters. The predicted molar refractivity (Wildman–Crippen MR) is 62.7 cm³/mol. The third kappa shape index (κ3) is 4.05. The molecule has 1 amide bonds. The van der Waals surface area contributed by atoms with E-state index in [1.165, 1.54) is 11.8 Å². The summed E-state index contributed by atoms with van der Waals surface area (Å²) in [4.78, 5) is 11.4. The maximum absolute atomic E-state index is 11.4. The van der Waals surface area contributed by atoms with E-state index in [0.717, 1.165) is 11.3 Å². The highest BCUT2D eigenvalue weighted by Crippen LogP contribution is 2.13. The molecule has 0 aliphatic carbocycles. The summed E-state index contributed by atoms with van der Waals surface area (Å²) in [6, 6.07) is 9.59. The van der Waals surface area contributed by atoms with E-state index < -0.39 is 0 Å². The van der Waals surface area contributed by atoms with Crippen molar-refractivity contribution in [3.8, 4) is 6.07 Å². The molecule has 78 valence electrons. The number of hydrogen-bond acceptors (Lipinski definition) is 3. The first-order chi connectivity index (χ1) is 7.24. The second kappa shape index (κ2) is 6.10. The van der Waals surface area contributed by atoms with E-state index in [-0.39, 0.29) is 5.91 Å². The minimum absolute atomic E-state index is 0.0652. The van der Waals surface area contributed by atoms with Crippen LogP contribution in [-0.2, 0) is 4.79 Å². The smallest absolute Gasteiger partial charge is 0.234 e. The van der Waals surface area contributed by atoms with Crippen molar-refractivity contribution in [3.63, 3.8) is 0 Å². The Labute approximate surface area is 93.5 Å². The van der Waals surface area contributed by atoms with Crippen LogP contribution in [0.25, 0.3) is 0 Å². The molecular weight excluding hydrogens is 208 g/mol. The lowest BCUT2D eigenvalue weighted by molar-refractivity contribution is -0.113. The van der Waals surface area contributed by atoms with Crippen molar-refractivity contribution < 1.29 is 4.79 Å². The number of carbonyl (C=O) groups excluding carboxylic acids is 1. The molecule has 0 bridgehead atoms. The van der Waals surface area contributed by atoms with Crippen molar-refractivity contribution in [2.75, 3.05) is 16.8 Å². The molecule has 0 aromatic heterocycles. The second-order valence-electron chi connectivity index (χ2n) is 3.01. The van der Waals surface area contributed by atoms with E-state index in [1.54, 1.807) is 0 Å². The van der Waals surface area contributed by atoms with E-state index in [2.05, 4.69) is 5.32 Å². The lowest BCUT2D eigenvalue weighted by atomic mass is 10.2. The average molecular weight is 220 g/mol. The number of aryl methyl sites for hydroxylation is 1. The van der Waals surface area contributed by atoms with Crippen LogP contribution in [0.4, 0.5) is 5.69 Å². The Kier molecular flexibility index (Phi) is 4.72. The van der Waals surface area contributed by atoms with E-state index in [1.807, 2.05) is 37.3 Å². The molecule has 0 saturated heterocycles. The predicted octanol–water partition coefficient (Wildman–Crippen LogP) is 2.19. The lowest BCUT2D eigenvalue weighted by Crippen LogP contribution is -2.14. The molecule has 0 fully saturated rings. The average Bonchev–Trinajstić information content (AvgIpc) is 2.22. The van der Waals surface area contributed by atoms with E-state index >= 15 is 0 Å². The first-order valence-corrected chi connectivity index (χ1v) is 5.69. The molecule has 1 aromatic carbocycles. The van der Waals surface area contributed by atoms with Crippen LogP contribution in [-0.4, -0.2) is 17.4 Å². The molecule has 0 aliphatic rings. The first-order valence-electron chi connectivity index (χ1n) is 4.54. The number of benzene rings is 1. The largest absolute Gasteiger partial charge is 0.325 e. The third-order valence-corrected chi connectivity index (χ3v) is 2.62. The molecule has 0 aliphatic heterocycles. The Morgan fingerprint density at radius 3 is 2.93 bits per heavy atom. The van der Waals surface area contributed by atoms with Crippen molar-refractivity contribution >= 4 is 23.4 Å². The van der Waals surface area contributed by atoms with Crippen molar-refractivity contribution in [1.82, 2.24) is 0 Å². The third-order valence-electron chi connectivity index (χ3n) is 1.82. The van der Waals surface area contributed by atoms with Gasteiger partial charge < -0.3 is 5.32 Å². The number of nitriles is 1. The number of nitrogens with one attached hydrogen (secondary N) is 1. The van der Waals surface area contributed by atoms with Gasteiger partial charge in [-0.2, -0.15) is 5.26 Å². The Balaban J connectivity index is 2.45. The maximum atomic E-state index is 11.4. The van der Waals surface area contributed by atoms with Crippen molar-refractivity contribution in [2.24, 2.45) is 0 Å². The Morgan fingerprint density at radius 2 is 2.27 bits per heavy atom. The van der Waals surface area contributed by atoms with E-state index in [4.69, 9.17) is 5.26 Å². The van der Waals surface area contributed by atoms with Crippen LogP contribution in [0.5, 0.6) is 0 Å². The highest BCUT2D eigenvalue weighted by molar-refractivity contribution is 8.00. The van der Waals surface area contributed by atoms with Gasteiger partial charge in [0, 0.05) is 5.69 Å². The van der Waals surface area contributed by atoms with Gasteiger partial charge in [0.1, 0.15) is 0 Å². The van der Waals surface area contributed by atoms with E-state index in [9.17, 15) is 4.79 Å². The van der Waals surface area contributed by atoms with Crippen LogP contribution in [0.1, 0.15) is 5.56 Å². The number of amides is 1. The summed E-state index contributed by atoms with van der Waals surface area (Å²) >= 11 is 1.31. The highest BCUT2D eigenvalue weighted by Gasteiger charge is 2.03. The van der Waals surface area contributed by atoms with Crippen molar-refractivity contribution in [3.05, 3.63) is 29.8 Å². The molecule has 1 aromatic rings. The Hall–Kier alpha value is -1.47. The summed E-state index contributed by atoms with van der Waals surface area (Å²) in [6.07, 6.45) is 0. The fourth-order valence-electron chi connectivity index (χ4n) is 1.09. The normalized spacial score (nSPS) is 9.33. The summed E-state index contributed by atoms with van der Waals surface area (Å²) in [6.45, 7) is 1.94. The zero-order chi connectivity index (χ0) is 11.1. The van der Waals surface area contributed by atoms with Gasteiger partial charge >= 0.3 is 0 Å². The molecule has 0 heterocycles. The quantitative estimate of drug-likeness (QED) is 0.791. The number of anilines is 1. The molecule has 1 rings (SSSR count). The topological polar surface area (TPSA) is 52.9 Å². The van der Waals surface area contributed by atoms with Crippen LogP contribution >= 0.6 is 11.8 Å². The van der Waals surface area contributed by atoms with Gasteiger partial charge in [-0.3, -0.25) is 4.79 Å². The number of nitrogens with zero attached hydrogens (tertiary/aromatic N) is 1. The lowest BCUT2D eigenvalue weighted by Gasteiger charge is -2.06. The highest BCUT2D eigenvalue weighted by atomic mass is 32.2. The second-order valence-corrected chi connectivity index (χ2v) is 4.00. The summed E-state index contributed by atoms with van der Waals surface area (Å²) in [5.41, 5.74) is 1.87. The first kappa shape index (κ1) is 11.6. The molecule has 0 atom stereocenters. The SMILES string of the molecule is Cc1ccccc1NC(=O)CSCC#N. The van der Waals surface area contributed by atoms with Gasteiger partial charge in [-0.15, -0.1) is 11.8 Å². The molecule has 0 spiro atoms. The van der Waals surface area contributed by atoms with E-state index in [0.29, 0.717) is 11.5 Å². The van der Waals surface area contributed by atoms with Gasteiger partial charge in [-0.25, -0.2) is 0 Å².